The maximum absolute atomic E-state index is 13.7. The Balaban J connectivity index is 1.35. The Labute approximate surface area is 229 Å². The summed E-state index contributed by atoms with van der Waals surface area (Å²) in [6.07, 6.45) is 3.11. The number of ketones is 1. The van der Waals surface area contributed by atoms with Crippen molar-refractivity contribution in [3.05, 3.63) is 58.1 Å². The molecule has 2 bridgehead atoms. The molecule has 11 heteroatoms. The maximum Gasteiger partial charge on any atom is 0.258 e. The molecule has 2 aromatic carbocycles. The fourth-order valence-electron chi connectivity index (χ4n) is 5.39. The molecule has 0 aliphatic heterocycles. The van der Waals surface area contributed by atoms with Gasteiger partial charge in [0.25, 0.3) is 5.91 Å². The van der Waals surface area contributed by atoms with Gasteiger partial charge < -0.3 is 24.3 Å². The number of benzene rings is 2. The van der Waals surface area contributed by atoms with Gasteiger partial charge in [0.1, 0.15) is 36.5 Å². The number of Topliss-reactive ketones (excluding diaryl/α,β-unsaturated/α-hetero) is 1. The van der Waals surface area contributed by atoms with Crippen LogP contribution in [0.5, 0.6) is 11.5 Å². The smallest absolute Gasteiger partial charge is 0.258 e. The number of methoxy groups -OCH3 is 1. The molecule has 3 saturated carbocycles. The minimum Gasteiger partial charge on any atom is -0.486 e. The first kappa shape index (κ1) is 28.5. The Morgan fingerprint density at radius 2 is 1.53 bits per heavy atom. The van der Waals surface area contributed by atoms with Crippen molar-refractivity contribution in [2.45, 2.75) is 50.2 Å². The third kappa shape index (κ3) is 6.75. The molecule has 0 saturated heterocycles. The van der Waals surface area contributed by atoms with Crippen molar-refractivity contribution in [1.29, 1.82) is 0 Å². The Hall–Kier alpha value is -2.46. The van der Waals surface area contributed by atoms with Crippen LogP contribution in [0.4, 0.5) is 8.78 Å². The van der Waals surface area contributed by atoms with Crippen LogP contribution in [0.2, 0.25) is 10.0 Å². The molecule has 0 spiro atoms. The van der Waals surface area contributed by atoms with Crippen LogP contribution < -0.4 is 14.8 Å². The monoisotopic (exact) mass is 571 g/mol. The van der Waals surface area contributed by atoms with Gasteiger partial charge in [-0.25, -0.2) is 8.78 Å². The van der Waals surface area contributed by atoms with Crippen LogP contribution in [-0.4, -0.2) is 50.4 Å². The quantitative estimate of drug-likeness (QED) is 0.339. The second-order valence-electron chi connectivity index (χ2n) is 9.91. The second kappa shape index (κ2) is 12.2. The molecule has 38 heavy (non-hydrogen) atoms. The molecule has 0 radical (unpaired) electrons. The summed E-state index contributed by atoms with van der Waals surface area (Å²) in [4.78, 5) is 25.6. The molecular formula is C27H29Cl2F2NO6. The molecule has 3 aliphatic rings. The lowest BCUT2D eigenvalue weighted by Crippen LogP contribution is -2.66. The Bertz CT molecular complexity index is 1170. The molecule has 1 atom stereocenters. The first-order chi connectivity index (χ1) is 18.1. The van der Waals surface area contributed by atoms with Gasteiger partial charge in [-0.3, -0.25) is 9.59 Å². The van der Waals surface area contributed by atoms with Crippen molar-refractivity contribution in [2.24, 2.45) is 5.41 Å². The van der Waals surface area contributed by atoms with Crippen molar-refractivity contribution < 1.29 is 37.3 Å². The summed E-state index contributed by atoms with van der Waals surface area (Å²) in [5, 5.41) is 3.03. The van der Waals surface area contributed by atoms with Gasteiger partial charge in [0.2, 0.25) is 0 Å². The number of amides is 1. The maximum atomic E-state index is 13.7. The zero-order valence-electron chi connectivity index (χ0n) is 20.9. The Kier molecular flexibility index (Phi) is 9.13. The van der Waals surface area contributed by atoms with Crippen LogP contribution in [0.1, 0.15) is 38.5 Å². The molecule has 5 rings (SSSR count). The first-order valence-corrected chi connectivity index (χ1v) is 13.0. The number of hydrogen-bond acceptors (Lipinski definition) is 6. The van der Waals surface area contributed by atoms with E-state index in [1.165, 1.54) is 31.4 Å². The molecule has 2 aromatic rings. The van der Waals surface area contributed by atoms with E-state index in [0.717, 1.165) is 12.1 Å². The van der Waals surface area contributed by atoms with Crippen molar-refractivity contribution in [2.75, 3.05) is 27.1 Å². The summed E-state index contributed by atoms with van der Waals surface area (Å²) in [6, 6.07) is 8.01. The van der Waals surface area contributed by atoms with Crippen molar-refractivity contribution in [3.63, 3.8) is 0 Å². The number of rotatable bonds is 12. The summed E-state index contributed by atoms with van der Waals surface area (Å²) < 4.78 is 49.4. The lowest BCUT2D eigenvalue weighted by molar-refractivity contribution is -0.170. The van der Waals surface area contributed by atoms with E-state index in [9.17, 15) is 18.4 Å². The highest BCUT2D eigenvalue weighted by atomic mass is 35.5. The van der Waals surface area contributed by atoms with Crippen LogP contribution in [0.3, 0.4) is 0 Å². The van der Waals surface area contributed by atoms with Gasteiger partial charge in [-0.15, -0.1) is 0 Å². The van der Waals surface area contributed by atoms with E-state index in [0.29, 0.717) is 32.1 Å². The van der Waals surface area contributed by atoms with E-state index in [4.69, 9.17) is 42.1 Å². The first-order valence-electron chi connectivity index (χ1n) is 12.2. The number of carbonyl (C=O) groups excluding carboxylic acids is 2. The number of hydrogen-bond donors (Lipinski definition) is 1. The predicted octanol–water partition coefficient (Wildman–Crippen LogP) is 5.50. The van der Waals surface area contributed by atoms with Crippen molar-refractivity contribution >= 4 is 34.9 Å². The molecule has 3 fully saturated rings. The van der Waals surface area contributed by atoms with Crippen molar-refractivity contribution in [1.82, 2.24) is 5.32 Å². The molecule has 1 amide bonds. The van der Waals surface area contributed by atoms with Crippen LogP contribution >= 0.6 is 23.2 Å². The number of nitrogens with one attached hydrogen (secondary N) is 1. The molecule has 0 heterocycles. The van der Waals surface area contributed by atoms with Crippen LogP contribution in [0.15, 0.2) is 36.4 Å². The zero-order chi connectivity index (χ0) is 27.3. The standard InChI is InChI=1S/C27H29Cl2F2NO6/c1-35-16-38-24-13-26(12-17(33)14-36-18-2-4-20(28)22(30)10-18)6-8-27(24,9-7-26)32-25(34)15-37-19-3-5-21(29)23(31)11-19/h2-5,10-11,24H,6-9,12-16H2,1H3,(H,32,34)/t24-,26?,27?/m0/s1. The average molecular weight is 572 g/mol. The van der Waals surface area contributed by atoms with Crippen LogP contribution in [-0.2, 0) is 19.1 Å². The molecule has 7 nitrogen and oxygen atoms in total. The molecule has 3 aliphatic carbocycles. The molecule has 1 N–H and O–H groups in total. The lowest BCUT2D eigenvalue weighted by Gasteiger charge is -2.57. The largest absolute Gasteiger partial charge is 0.486 e. The normalized spacial score (nSPS) is 24.2. The summed E-state index contributed by atoms with van der Waals surface area (Å²) in [6.45, 7) is -0.443. The summed E-state index contributed by atoms with van der Waals surface area (Å²) in [5.41, 5.74) is -0.930. The van der Waals surface area contributed by atoms with E-state index in [-0.39, 0.29) is 71.2 Å². The van der Waals surface area contributed by atoms with E-state index < -0.39 is 17.2 Å². The van der Waals surface area contributed by atoms with Gasteiger partial charge in [0.15, 0.2) is 12.4 Å². The van der Waals surface area contributed by atoms with E-state index in [2.05, 4.69) is 5.32 Å². The second-order valence-corrected chi connectivity index (χ2v) is 10.7. The van der Waals surface area contributed by atoms with Gasteiger partial charge in [-0.05, 0) is 61.8 Å². The number of carbonyl (C=O) groups is 2. The summed E-state index contributed by atoms with van der Waals surface area (Å²) >= 11 is 11.4. The minimum atomic E-state index is -0.633. The van der Waals surface area contributed by atoms with E-state index >= 15 is 0 Å². The van der Waals surface area contributed by atoms with E-state index in [1.54, 1.807) is 0 Å². The zero-order valence-corrected chi connectivity index (χ0v) is 22.4. The van der Waals surface area contributed by atoms with Gasteiger partial charge in [0, 0.05) is 25.7 Å². The fourth-order valence-corrected chi connectivity index (χ4v) is 5.63. The molecule has 206 valence electrons. The minimum absolute atomic E-state index is 0.0184. The highest BCUT2D eigenvalue weighted by molar-refractivity contribution is 6.31. The van der Waals surface area contributed by atoms with Gasteiger partial charge in [-0.2, -0.15) is 0 Å². The third-order valence-electron chi connectivity index (χ3n) is 7.34. The van der Waals surface area contributed by atoms with Crippen LogP contribution in [0, 0.1) is 17.0 Å². The highest BCUT2D eigenvalue weighted by Crippen LogP contribution is 2.55. The topological polar surface area (TPSA) is 83.1 Å². The molecule has 0 unspecified atom stereocenters. The Morgan fingerprint density at radius 1 is 0.947 bits per heavy atom. The lowest BCUT2D eigenvalue weighted by atomic mass is 9.54. The fraction of sp³-hybridized carbons (Fsp3) is 0.481. The predicted molar refractivity (Wildman–Crippen MR) is 137 cm³/mol. The SMILES string of the molecule is COCO[C@H]1CC2(CC(=O)COc3ccc(Cl)c(F)c3)CCC1(NC(=O)COc1ccc(Cl)c(F)c1)CC2. The van der Waals surface area contributed by atoms with Gasteiger partial charge >= 0.3 is 0 Å². The number of fused-ring (bicyclic) bond motifs is 3. The van der Waals surface area contributed by atoms with Crippen LogP contribution in [0.25, 0.3) is 0 Å². The van der Waals surface area contributed by atoms with Crippen molar-refractivity contribution in [3.8, 4) is 11.5 Å². The summed E-state index contributed by atoms with van der Waals surface area (Å²) in [7, 11) is 1.52. The van der Waals surface area contributed by atoms with E-state index in [1.807, 2.05) is 0 Å². The summed E-state index contributed by atoms with van der Waals surface area (Å²) in [5.74, 6) is -1.28. The molecular weight excluding hydrogens is 543 g/mol. The highest BCUT2D eigenvalue weighted by Gasteiger charge is 2.56. The number of ether oxygens (including phenoxy) is 4. The molecule has 0 aromatic heterocycles. The Morgan fingerprint density at radius 3 is 2.08 bits per heavy atom. The number of halogens is 4. The third-order valence-corrected chi connectivity index (χ3v) is 7.95. The van der Waals surface area contributed by atoms with Gasteiger partial charge in [0.05, 0.1) is 21.7 Å². The average Bonchev–Trinajstić information content (AvgIpc) is 2.89. The van der Waals surface area contributed by atoms with Gasteiger partial charge in [-0.1, -0.05) is 23.2 Å².